The lowest BCUT2D eigenvalue weighted by Crippen LogP contribution is -2.22. The molecule has 17 heavy (non-hydrogen) atoms. The third kappa shape index (κ3) is 2.94. The van der Waals surface area contributed by atoms with Gasteiger partial charge in [0.1, 0.15) is 5.76 Å². The lowest BCUT2D eigenvalue weighted by molar-refractivity contribution is 0.504. The van der Waals surface area contributed by atoms with Crippen molar-refractivity contribution in [2.75, 3.05) is 17.2 Å². The second kappa shape index (κ2) is 5.44. The van der Waals surface area contributed by atoms with Crippen molar-refractivity contribution in [3.63, 3.8) is 0 Å². The Bertz CT molecular complexity index is 482. The molecule has 0 aliphatic heterocycles. The van der Waals surface area contributed by atoms with Gasteiger partial charge < -0.3 is 15.1 Å². The summed E-state index contributed by atoms with van der Waals surface area (Å²) >= 11 is 2.26. The van der Waals surface area contributed by atoms with Crippen molar-refractivity contribution in [1.82, 2.24) is 0 Å². The molecule has 0 amide bonds. The van der Waals surface area contributed by atoms with E-state index < -0.39 is 0 Å². The van der Waals surface area contributed by atoms with E-state index in [0.29, 0.717) is 0 Å². The highest BCUT2D eigenvalue weighted by Crippen LogP contribution is 2.26. The van der Waals surface area contributed by atoms with E-state index in [1.807, 2.05) is 18.2 Å². The van der Waals surface area contributed by atoms with Crippen LogP contribution in [0.3, 0.4) is 0 Å². The van der Waals surface area contributed by atoms with Gasteiger partial charge in [-0.15, -0.1) is 0 Å². The second-order valence-electron chi connectivity index (χ2n) is 3.80. The van der Waals surface area contributed by atoms with Crippen molar-refractivity contribution in [2.24, 2.45) is 0 Å². The Morgan fingerprint density at radius 3 is 2.76 bits per heavy atom. The number of furan rings is 1. The largest absolute Gasteiger partial charge is 0.467 e. The molecule has 0 fully saturated rings. The van der Waals surface area contributed by atoms with Gasteiger partial charge in [0.05, 0.1) is 24.2 Å². The van der Waals surface area contributed by atoms with Gasteiger partial charge >= 0.3 is 0 Å². The summed E-state index contributed by atoms with van der Waals surface area (Å²) in [5.41, 5.74) is 7.92. The average Bonchev–Trinajstić information content (AvgIpc) is 2.79. The van der Waals surface area contributed by atoms with Gasteiger partial charge in [-0.3, -0.25) is 0 Å². The zero-order chi connectivity index (χ0) is 12.3. The first-order valence-electron chi connectivity index (χ1n) is 5.53. The van der Waals surface area contributed by atoms with E-state index in [2.05, 4.69) is 46.5 Å². The van der Waals surface area contributed by atoms with E-state index in [1.54, 1.807) is 6.26 Å². The Hall–Kier alpha value is -1.17. The lowest BCUT2D eigenvalue weighted by Gasteiger charge is -2.23. The first kappa shape index (κ1) is 12.3. The monoisotopic (exact) mass is 342 g/mol. The van der Waals surface area contributed by atoms with Crippen molar-refractivity contribution in [3.05, 3.63) is 45.9 Å². The van der Waals surface area contributed by atoms with Crippen LogP contribution in [-0.2, 0) is 6.54 Å². The van der Waals surface area contributed by atoms with Crippen molar-refractivity contribution in [3.8, 4) is 0 Å². The highest BCUT2D eigenvalue weighted by Gasteiger charge is 2.10. The molecule has 0 spiro atoms. The van der Waals surface area contributed by atoms with E-state index in [9.17, 15) is 0 Å². The summed E-state index contributed by atoms with van der Waals surface area (Å²) in [6.45, 7) is 3.75. The molecule has 2 N–H and O–H groups in total. The molecule has 0 saturated carbocycles. The minimum Gasteiger partial charge on any atom is -0.467 e. The first-order valence-corrected chi connectivity index (χ1v) is 6.61. The Labute approximate surface area is 115 Å². The van der Waals surface area contributed by atoms with Crippen LogP contribution < -0.4 is 10.6 Å². The summed E-state index contributed by atoms with van der Waals surface area (Å²) in [6, 6.07) is 9.99. The molecule has 0 atom stereocenters. The molecule has 2 rings (SSSR count). The summed E-state index contributed by atoms with van der Waals surface area (Å²) in [5.74, 6) is 0.949. The van der Waals surface area contributed by atoms with Gasteiger partial charge in [0.2, 0.25) is 0 Å². The predicted molar refractivity (Wildman–Crippen MR) is 79.0 cm³/mol. The summed E-state index contributed by atoms with van der Waals surface area (Å²) in [6.07, 6.45) is 1.69. The molecule has 0 unspecified atom stereocenters. The zero-order valence-electron chi connectivity index (χ0n) is 9.69. The predicted octanol–water partition coefficient (Wildman–Crippen LogP) is 3.49. The van der Waals surface area contributed by atoms with Crippen LogP contribution in [0.2, 0.25) is 0 Å². The van der Waals surface area contributed by atoms with Gasteiger partial charge in [0.25, 0.3) is 0 Å². The fraction of sp³-hybridized carbons (Fsp3) is 0.231. The normalized spacial score (nSPS) is 10.5. The Morgan fingerprint density at radius 1 is 1.35 bits per heavy atom. The van der Waals surface area contributed by atoms with Crippen molar-refractivity contribution >= 4 is 34.0 Å². The Kier molecular flexibility index (Phi) is 3.93. The van der Waals surface area contributed by atoms with Crippen molar-refractivity contribution < 1.29 is 4.42 Å². The molecule has 2 aromatic rings. The summed E-state index contributed by atoms with van der Waals surface area (Å²) in [5, 5.41) is 0. The van der Waals surface area contributed by atoms with Crippen LogP contribution in [0.5, 0.6) is 0 Å². The van der Waals surface area contributed by atoms with Crippen molar-refractivity contribution in [1.29, 1.82) is 0 Å². The van der Waals surface area contributed by atoms with Crippen LogP contribution >= 0.6 is 22.6 Å². The molecule has 0 bridgehead atoms. The number of anilines is 2. The van der Waals surface area contributed by atoms with Gasteiger partial charge in [-0.1, -0.05) is 0 Å². The smallest absolute Gasteiger partial charge is 0.123 e. The highest BCUT2D eigenvalue weighted by molar-refractivity contribution is 14.1. The summed E-state index contributed by atoms with van der Waals surface area (Å²) in [4.78, 5) is 2.20. The topological polar surface area (TPSA) is 42.4 Å². The van der Waals surface area contributed by atoms with Crippen LogP contribution in [0.1, 0.15) is 12.7 Å². The van der Waals surface area contributed by atoms with E-state index in [0.717, 1.165) is 33.8 Å². The van der Waals surface area contributed by atoms with Crippen molar-refractivity contribution in [2.45, 2.75) is 13.5 Å². The minimum atomic E-state index is 0.744. The molecule has 0 radical (unpaired) electrons. The van der Waals surface area contributed by atoms with Gasteiger partial charge in [-0.05, 0) is 59.8 Å². The number of nitrogen functional groups attached to an aromatic ring is 1. The average molecular weight is 342 g/mol. The standard InChI is InChI=1S/C13H15IN2O/c1-2-16(9-11-4-3-7-17-11)13-6-5-10(14)8-12(13)15/h3-8H,2,9,15H2,1H3. The number of benzene rings is 1. The minimum absolute atomic E-state index is 0.744. The third-order valence-corrected chi connectivity index (χ3v) is 3.31. The number of hydrogen-bond acceptors (Lipinski definition) is 3. The molecule has 1 aromatic heterocycles. The number of nitrogens with two attached hydrogens (primary N) is 1. The fourth-order valence-corrected chi connectivity index (χ4v) is 2.29. The molecule has 1 heterocycles. The van der Waals surface area contributed by atoms with Crippen LogP contribution in [0, 0.1) is 3.57 Å². The van der Waals surface area contributed by atoms with Gasteiger partial charge in [-0.25, -0.2) is 0 Å². The Morgan fingerprint density at radius 2 is 2.18 bits per heavy atom. The van der Waals surface area contributed by atoms with Crippen LogP contribution in [0.4, 0.5) is 11.4 Å². The van der Waals surface area contributed by atoms with E-state index in [4.69, 9.17) is 10.2 Å². The summed E-state index contributed by atoms with van der Waals surface area (Å²) < 4.78 is 6.52. The van der Waals surface area contributed by atoms with Gasteiger partial charge in [-0.2, -0.15) is 0 Å². The van der Waals surface area contributed by atoms with Crippen LogP contribution in [0.25, 0.3) is 0 Å². The summed E-state index contributed by atoms with van der Waals surface area (Å²) in [7, 11) is 0. The lowest BCUT2D eigenvalue weighted by atomic mass is 10.2. The number of halogens is 1. The number of rotatable bonds is 4. The molecule has 0 aliphatic carbocycles. The molecule has 1 aromatic carbocycles. The fourth-order valence-electron chi connectivity index (χ4n) is 1.77. The maximum absolute atomic E-state index is 6.05. The second-order valence-corrected chi connectivity index (χ2v) is 5.04. The van der Waals surface area contributed by atoms with Gasteiger partial charge in [0, 0.05) is 10.1 Å². The SMILES string of the molecule is CCN(Cc1ccco1)c1ccc(I)cc1N. The molecular formula is C13H15IN2O. The van der Waals surface area contributed by atoms with E-state index in [1.165, 1.54) is 0 Å². The number of nitrogens with zero attached hydrogens (tertiary/aromatic N) is 1. The maximum atomic E-state index is 6.05. The maximum Gasteiger partial charge on any atom is 0.123 e. The zero-order valence-corrected chi connectivity index (χ0v) is 11.8. The number of hydrogen-bond donors (Lipinski definition) is 1. The molecule has 0 saturated heterocycles. The molecule has 3 nitrogen and oxygen atoms in total. The first-order chi connectivity index (χ1) is 8.20. The molecule has 90 valence electrons. The third-order valence-electron chi connectivity index (χ3n) is 2.64. The van der Waals surface area contributed by atoms with Crippen LogP contribution in [0.15, 0.2) is 41.0 Å². The van der Waals surface area contributed by atoms with Crippen LogP contribution in [-0.4, -0.2) is 6.54 Å². The molecule has 4 heteroatoms. The van der Waals surface area contributed by atoms with Gasteiger partial charge in [0.15, 0.2) is 0 Å². The highest BCUT2D eigenvalue weighted by atomic mass is 127. The molecular weight excluding hydrogens is 327 g/mol. The van der Waals surface area contributed by atoms with E-state index >= 15 is 0 Å². The van der Waals surface area contributed by atoms with E-state index in [-0.39, 0.29) is 0 Å². The molecule has 0 aliphatic rings. The Balaban J connectivity index is 2.23. The quantitative estimate of drug-likeness (QED) is 0.683.